The molecular formula is C28H25N5O. The van der Waals surface area contributed by atoms with Crippen molar-refractivity contribution in [1.29, 1.82) is 0 Å². The first-order valence-electron chi connectivity index (χ1n) is 11.6. The molecule has 1 fully saturated rings. The molecule has 0 radical (unpaired) electrons. The molecule has 0 saturated carbocycles. The number of hydrogen-bond donors (Lipinski definition) is 2. The van der Waals surface area contributed by atoms with Crippen LogP contribution in [0.15, 0.2) is 79.0 Å². The summed E-state index contributed by atoms with van der Waals surface area (Å²) in [5.74, 6) is 0.569. The quantitative estimate of drug-likeness (QED) is 0.389. The molecule has 34 heavy (non-hydrogen) atoms. The van der Waals surface area contributed by atoms with E-state index < -0.39 is 0 Å². The molecule has 1 aliphatic heterocycles. The molecule has 1 saturated heterocycles. The molecule has 0 unspecified atom stereocenters. The number of H-pyrrole nitrogens is 1. The van der Waals surface area contributed by atoms with Crippen molar-refractivity contribution in [2.24, 2.45) is 0 Å². The number of benzene rings is 3. The van der Waals surface area contributed by atoms with Crippen LogP contribution in [-0.4, -0.2) is 38.8 Å². The maximum Gasteiger partial charge on any atom is 0.253 e. The van der Waals surface area contributed by atoms with Gasteiger partial charge in [0.15, 0.2) is 0 Å². The lowest BCUT2D eigenvalue weighted by atomic mass is 9.89. The maximum atomic E-state index is 13.3. The van der Waals surface area contributed by atoms with Gasteiger partial charge in [-0.3, -0.25) is 9.78 Å². The number of carbonyl (C=O) groups excluding carboxylic acids is 1. The van der Waals surface area contributed by atoms with Gasteiger partial charge in [-0.15, -0.1) is 0 Å². The third kappa shape index (κ3) is 3.57. The Balaban J connectivity index is 1.25. The van der Waals surface area contributed by atoms with Gasteiger partial charge < -0.3 is 15.6 Å². The summed E-state index contributed by atoms with van der Waals surface area (Å²) in [6.45, 7) is 1.52. The summed E-state index contributed by atoms with van der Waals surface area (Å²) in [7, 11) is 0. The summed E-state index contributed by atoms with van der Waals surface area (Å²) >= 11 is 0. The van der Waals surface area contributed by atoms with Crippen molar-refractivity contribution >= 4 is 33.5 Å². The van der Waals surface area contributed by atoms with Crippen LogP contribution >= 0.6 is 0 Å². The van der Waals surface area contributed by atoms with Crippen molar-refractivity contribution in [3.05, 3.63) is 90.1 Å². The van der Waals surface area contributed by atoms with Gasteiger partial charge in [-0.05, 0) is 54.7 Å². The normalized spacial score (nSPS) is 14.6. The average molecular weight is 448 g/mol. The topological polar surface area (TPSA) is 87.9 Å². The molecule has 2 aromatic heterocycles. The van der Waals surface area contributed by atoms with Crippen molar-refractivity contribution in [2.75, 3.05) is 18.8 Å². The molecule has 6 nitrogen and oxygen atoms in total. The summed E-state index contributed by atoms with van der Waals surface area (Å²) in [6, 6.07) is 24.0. The minimum atomic E-state index is 0.0565. The molecule has 0 atom stereocenters. The number of nitrogens with two attached hydrogens (primary N) is 1. The molecule has 1 amide bonds. The van der Waals surface area contributed by atoms with Crippen molar-refractivity contribution in [2.45, 2.75) is 18.8 Å². The van der Waals surface area contributed by atoms with Crippen LogP contribution in [0.4, 0.5) is 5.69 Å². The van der Waals surface area contributed by atoms with E-state index in [1.54, 1.807) is 6.20 Å². The number of rotatable bonds is 3. The highest BCUT2D eigenvalue weighted by Gasteiger charge is 2.25. The van der Waals surface area contributed by atoms with Crippen LogP contribution in [0.2, 0.25) is 0 Å². The number of carbonyl (C=O) groups is 1. The standard InChI is InChI=1S/C28H25N5O/c29-26-21-16-20(28(34)33-14-12-19(13-15-33)18-6-2-1-3-7-18)10-11-22(21)32-27(26)25-17-30-23-8-4-5-9-24(23)31-25/h1-11,16-17,19,32H,12-15,29H2. The summed E-state index contributed by atoms with van der Waals surface area (Å²) in [5, 5.41) is 0.829. The number of nitrogen functional groups attached to an aromatic ring is 1. The summed E-state index contributed by atoms with van der Waals surface area (Å²) in [6.07, 6.45) is 3.69. The van der Waals surface area contributed by atoms with Crippen LogP contribution in [0, 0.1) is 0 Å². The van der Waals surface area contributed by atoms with Gasteiger partial charge in [-0.1, -0.05) is 42.5 Å². The van der Waals surface area contributed by atoms with Crippen LogP contribution in [-0.2, 0) is 0 Å². The zero-order chi connectivity index (χ0) is 23.1. The smallest absolute Gasteiger partial charge is 0.253 e. The van der Waals surface area contributed by atoms with E-state index in [9.17, 15) is 4.79 Å². The Labute approximate surface area is 197 Å². The van der Waals surface area contributed by atoms with E-state index in [2.05, 4.69) is 34.2 Å². The Bertz CT molecular complexity index is 1500. The largest absolute Gasteiger partial charge is 0.396 e. The lowest BCUT2D eigenvalue weighted by Gasteiger charge is -2.32. The number of likely N-dealkylation sites (tertiary alicyclic amines) is 1. The Hall–Kier alpha value is -4.19. The fourth-order valence-corrected chi connectivity index (χ4v) is 4.95. The number of aromatic nitrogens is 3. The van der Waals surface area contributed by atoms with Crippen molar-refractivity contribution in [3.63, 3.8) is 0 Å². The molecule has 0 aliphatic carbocycles. The van der Waals surface area contributed by atoms with E-state index in [0.29, 0.717) is 22.9 Å². The number of para-hydroxylation sites is 2. The Morgan fingerprint density at radius 3 is 2.47 bits per heavy atom. The van der Waals surface area contributed by atoms with Gasteiger partial charge in [0.05, 0.1) is 28.6 Å². The second kappa shape index (κ2) is 8.30. The lowest BCUT2D eigenvalue weighted by Crippen LogP contribution is -2.37. The fraction of sp³-hybridized carbons (Fsp3) is 0.179. The Morgan fingerprint density at radius 2 is 1.68 bits per heavy atom. The van der Waals surface area contributed by atoms with Crippen molar-refractivity contribution in [1.82, 2.24) is 19.9 Å². The number of hydrogen-bond acceptors (Lipinski definition) is 4. The third-order valence-electron chi connectivity index (χ3n) is 6.84. The fourth-order valence-electron chi connectivity index (χ4n) is 4.95. The first-order chi connectivity index (χ1) is 16.7. The summed E-state index contributed by atoms with van der Waals surface area (Å²) in [4.78, 5) is 27.8. The van der Waals surface area contributed by atoms with Crippen molar-refractivity contribution < 1.29 is 4.79 Å². The van der Waals surface area contributed by atoms with Crippen LogP contribution in [0.3, 0.4) is 0 Å². The maximum absolute atomic E-state index is 13.3. The highest BCUT2D eigenvalue weighted by molar-refractivity contribution is 6.04. The van der Waals surface area contributed by atoms with Gasteiger partial charge in [-0.25, -0.2) is 4.98 Å². The second-order valence-electron chi connectivity index (χ2n) is 8.90. The Morgan fingerprint density at radius 1 is 0.941 bits per heavy atom. The van der Waals surface area contributed by atoms with E-state index >= 15 is 0 Å². The molecule has 3 N–H and O–H groups in total. The second-order valence-corrected chi connectivity index (χ2v) is 8.90. The number of nitrogens with zero attached hydrogens (tertiary/aromatic N) is 3. The number of fused-ring (bicyclic) bond motifs is 2. The zero-order valence-electron chi connectivity index (χ0n) is 18.7. The van der Waals surface area contributed by atoms with E-state index in [-0.39, 0.29) is 5.91 Å². The first kappa shape index (κ1) is 20.4. The Kier molecular flexibility index (Phi) is 4.99. The number of nitrogens with one attached hydrogen (secondary N) is 1. The molecule has 168 valence electrons. The highest BCUT2D eigenvalue weighted by atomic mass is 16.2. The molecule has 3 aromatic carbocycles. The van der Waals surface area contributed by atoms with Crippen molar-refractivity contribution in [3.8, 4) is 11.4 Å². The number of anilines is 1. The van der Waals surface area contributed by atoms with E-state index in [0.717, 1.165) is 53.6 Å². The monoisotopic (exact) mass is 447 g/mol. The van der Waals surface area contributed by atoms with Gasteiger partial charge >= 0.3 is 0 Å². The van der Waals surface area contributed by atoms with Gasteiger partial charge in [0.1, 0.15) is 5.69 Å². The molecule has 6 rings (SSSR count). The van der Waals surface area contributed by atoms with Crippen LogP contribution in [0.5, 0.6) is 0 Å². The molecular weight excluding hydrogens is 422 g/mol. The van der Waals surface area contributed by atoms with Gasteiger partial charge in [0.2, 0.25) is 0 Å². The van der Waals surface area contributed by atoms with Crippen LogP contribution in [0.1, 0.15) is 34.7 Å². The minimum absolute atomic E-state index is 0.0565. The number of amides is 1. The SMILES string of the molecule is Nc1c(-c2cnc3ccccc3n2)[nH]c2ccc(C(=O)N3CCC(c4ccccc4)CC3)cc12. The van der Waals surface area contributed by atoms with E-state index in [1.165, 1.54) is 5.56 Å². The van der Waals surface area contributed by atoms with E-state index in [1.807, 2.05) is 53.4 Å². The predicted octanol–water partition coefficient (Wildman–Crippen LogP) is 5.38. The predicted molar refractivity (Wildman–Crippen MR) is 136 cm³/mol. The zero-order valence-corrected chi connectivity index (χ0v) is 18.7. The minimum Gasteiger partial charge on any atom is -0.396 e. The molecule has 6 heteroatoms. The van der Waals surface area contributed by atoms with Gasteiger partial charge in [0.25, 0.3) is 5.91 Å². The van der Waals surface area contributed by atoms with Gasteiger partial charge in [0, 0.05) is 29.6 Å². The first-order valence-corrected chi connectivity index (χ1v) is 11.6. The summed E-state index contributed by atoms with van der Waals surface area (Å²) in [5.41, 5.74) is 13.1. The van der Waals surface area contributed by atoms with E-state index in [4.69, 9.17) is 10.7 Å². The third-order valence-corrected chi connectivity index (χ3v) is 6.84. The molecule has 1 aliphatic rings. The van der Waals surface area contributed by atoms with Gasteiger partial charge in [-0.2, -0.15) is 0 Å². The molecule has 5 aromatic rings. The molecule has 3 heterocycles. The van der Waals surface area contributed by atoms with Crippen LogP contribution in [0.25, 0.3) is 33.3 Å². The van der Waals surface area contributed by atoms with Crippen LogP contribution < -0.4 is 5.73 Å². The molecule has 0 spiro atoms. The number of piperidine rings is 1. The lowest BCUT2D eigenvalue weighted by molar-refractivity contribution is 0.0713. The summed E-state index contributed by atoms with van der Waals surface area (Å²) < 4.78 is 0. The highest BCUT2D eigenvalue weighted by Crippen LogP contribution is 2.33. The average Bonchev–Trinajstić information content (AvgIpc) is 3.24. The number of aromatic amines is 1. The molecule has 0 bridgehead atoms.